The Morgan fingerprint density at radius 3 is 2.66 bits per heavy atom. The van der Waals surface area contributed by atoms with Crippen molar-refractivity contribution in [2.45, 2.75) is 46.4 Å². The fourth-order valence-corrected chi connectivity index (χ4v) is 2.70. The van der Waals surface area contributed by atoms with Crippen molar-refractivity contribution in [3.8, 4) is 5.75 Å². The summed E-state index contributed by atoms with van der Waals surface area (Å²) in [6.45, 7) is 7.69. The van der Waals surface area contributed by atoms with Crippen LogP contribution in [0.25, 0.3) is 11.2 Å². The number of aliphatic hydroxyl groups excluding tert-OH is 1. The van der Waals surface area contributed by atoms with Crippen LogP contribution >= 0.6 is 0 Å². The van der Waals surface area contributed by atoms with E-state index in [0.717, 1.165) is 5.56 Å². The number of hydrogen-bond donors (Lipinski definition) is 3. The Hall–Kier alpha value is -3.27. The van der Waals surface area contributed by atoms with E-state index in [1.165, 1.54) is 6.92 Å². The zero-order valence-corrected chi connectivity index (χ0v) is 16.9. The van der Waals surface area contributed by atoms with E-state index in [4.69, 9.17) is 4.74 Å². The number of aliphatic hydroxyl groups is 1. The second kappa shape index (κ2) is 8.82. The molecule has 2 aromatic heterocycles. The number of hydrogen-bond acceptors (Lipinski definition) is 9. The van der Waals surface area contributed by atoms with Gasteiger partial charge >= 0.3 is 5.97 Å². The Labute approximate surface area is 168 Å². The van der Waals surface area contributed by atoms with Gasteiger partial charge in [0.25, 0.3) is 0 Å². The predicted octanol–water partition coefficient (Wildman–Crippen LogP) is 2.13. The summed E-state index contributed by atoms with van der Waals surface area (Å²) in [5.41, 5.74) is 1.91. The molecule has 2 heterocycles. The molecule has 0 spiro atoms. The van der Waals surface area contributed by atoms with Crippen LogP contribution in [0.5, 0.6) is 5.75 Å². The lowest BCUT2D eigenvalue weighted by molar-refractivity contribution is -0.131. The summed E-state index contributed by atoms with van der Waals surface area (Å²) < 4.78 is 6.97. The fraction of sp³-hybridized carbons (Fsp3) is 0.421. The highest BCUT2D eigenvalue weighted by Crippen LogP contribution is 2.24. The van der Waals surface area contributed by atoms with E-state index in [-0.39, 0.29) is 12.0 Å². The van der Waals surface area contributed by atoms with Crippen LogP contribution in [0.3, 0.4) is 0 Å². The van der Waals surface area contributed by atoms with Crippen LogP contribution in [0.4, 0.5) is 11.8 Å². The summed E-state index contributed by atoms with van der Waals surface area (Å²) in [5.74, 6) is 0.952. The zero-order valence-electron chi connectivity index (χ0n) is 16.9. The Kier molecular flexibility index (Phi) is 6.23. The summed E-state index contributed by atoms with van der Waals surface area (Å²) in [6.07, 6.45) is -0.547. The lowest BCUT2D eigenvalue weighted by Crippen LogP contribution is -2.18. The summed E-state index contributed by atoms with van der Waals surface area (Å²) in [6, 6.07) is 7.33. The molecule has 154 valence electrons. The van der Waals surface area contributed by atoms with E-state index < -0.39 is 6.10 Å². The predicted molar refractivity (Wildman–Crippen MR) is 109 cm³/mol. The third-order valence-electron chi connectivity index (χ3n) is 4.04. The number of nitrogens with zero attached hydrogens (tertiary/aromatic N) is 5. The van der Waals surface area contributed by atoms with Crippen LogP contribution in [-0.2, 0) is 11.3 Å². The van der Waals surface area contributed by atoms with Gasteiger partial charge in [-0.15, -0.1) is 5.10 Å². The molecule has 3 rings (SSSR count). The molecule has 1 unspecified atom stereocenters. The number of carbonyl (C=O) groups is 1. The maximum absolute atomic E-state index is 11.3. The molecule has 0 aliphatic rings. The number of benzene rings is 1. The highest BCUT2D eigenvalue weighted by atomic mass is 16.5. The van der Waals surface area contributed by atoms with E-state index in [9.17, 15) is 9.90 Å². The standard InChI is InChI=1S/C19H25N7O3/c1-11(2)26-18-16(24-25-26)17(22-19(23-18)21-9-12(3)27)20-10-14-7-5-6-8-15(14)29-13(4)28/h5-8,11-12,27H,9-10H2,1-4H3,(H2,20,21,22,23). The first-order valence-corrected chi connectivity index (χ1v) is 9.40. The number of carbonyl (C=O) groups excluding carboxylic acids is 1. The molecule has 0 bridgehead atoms. The largest absolute Gasteiger partial charge is 0.426 e. The second-order valence-corrected chi connectivity index (χ2v) is 6.98. The van der Waals surface area contributed by atoms with Gasteiger partial charge in [-0.25, -0.2) is 4.68 Å². The van der Waals surface area contributed by atoms with Crippen LogP contribution in [-0.4, -0.2) is 48.7 Å². The molecule has 10 nitrogen and oxygen atoms in total. The summed E-state index contributed by atoms with van der Waals surface area (Å²) >= 11 is 0. The van der Waals surface area contributed by atoms with Gasteiger partial charge in [-0.3, -0.25) is 4.79 Å². The smallest absolute Gasteiger partial charge is 0.308 e. The molecule has 1 atom stereocenters. The first kappa shape index (κ1) is 20.5. The minimum absolute atomic E-state index is 0.0667. The lowest BCUT2D eigenvalue weighted by atomic mass is 10.2. The van der Waals surface area contributed by atoms with Gasteiger partial charge in [-0.1, -0.05) is 23.4 Å². The monoisotopic (exact) mass is 399 g/mol. The third kappa shape index (κ3) is 4.96. The Morgan fingerprint density at radius 1 is 1.21 bits per heavy atom. The topological polar surface area (TPSA) is 127 Å². The Bertz CT molecular complexity index is 1000. The normalized spacial score (nSPS) is 12.2. The first-order valence-electron chi connectivity index (χ1n) is 9.40. The van der Waals surface area contributed by atoms with Crippen LogP contribution in [0.15, 0.2) is 24.3 Å². The molecule has 0 fully saturated rings. The van der Waals surface area contributed by atoms with E-state index in [0.29, 0.717) is 41.8 Å². The van der Waals surface area contributed by atoms with Gasteiger partial charge in [0.15, 0.2) is 17.0 Å². The number of rotatable bonds is 8. The van der Waals surface area contributed by atoms with Crippen molar-refractivity contribution < 1.29 is 14.6 Å². The van der Waals surface area contributed by atoms with Crippen molar-refractivity contribution >= 4 is 28.9 Å². The maximum Gasteiger partial charge on any atom is 0.308 e. The number of ether oxygens (including phenoxy) is 1. The number of anilines is 2. The SMILES string of the molecule is CC(=O)Oc1ccccc1CNc1nc(NCC(C)O)nc2c1nnn2C(C)C. The quantitative estimate of drug-likeness (QED) is 0.385. The van der Waals surface area contributed by atoms with Crippen molar-refractivity contribution in [3.63, 3.8) is 0 Å². The lowest BCUT2D eigenvalue weighted by Gasteiger charge is -2.13. The van der Waals surface area contributed by atoms with E-state index in [1.54, 1.807) is 23.7 Å². The summed E-state index contributed by atoms with van der Waals surface area (Å²) in [4.78, 5) is 20.3. The van der Waals surface area contributed by atoms with E-state index in [1.807, 2.05) is 26.0 Å². The van der Waals surface area contributed by atoms with Gasteiger partial charge in [0.1, 0.15) is 5.75 Å². The Balaban J connectivity index is 1.93. The van der Waals surface area contributed by atoms with Gasteiger partial charge in [0, 0.05) is 25.6 Å². The number of esters is 1. The molecule has 3 aromatic rings. The molecule has 0 aliphatic heterocycles. The van der Waals surface area contributed by atoms with Crippen molar-refractivity contribution in [2.24, 2.45) is 0 Å². The first-order chi connectivity index (χ1) is 13.8. The van der Waals surface area contributed by atoms with Crippen molar-refractivity contribution in [1.29, 1.82) is 0 Å². The second-order valence-electron chi connectivity index (χ2n) is 6.98. The molecule has 1 aromatic carbocycles. The van der Waals surface area contributed by atoms with E-state index in [2.05, 4.69) is 30.9 Å². The number of nitrogens with one attached hydrogen (secondary N) is 2. The van der Waals surface area contributed by atoms with E-state index >= 15 is 0 Å². The van der Waals surface area contributed by atoms with Crippen molar-refractivity contribution in [1.82, 2.24) is 25.0 Å². The number of para-hydroxylation sites is 1. The molecule has 0 saturated heterocycles. The van der Waals surface area contributed by atoms with Crippen molar-refractivity contribution in [3.05, 3.63) is 29.8 Å². The minimum atomic E-state index is -0.547. The third-order valence-corrected chi connectivity index (χ3v) is 4.04. The zero-order chi connectivity index (χ0) is 21.0. The summed E-state index contributed by atoms with van der Waals surface area (Å²) in [5, 5.41) is 24.2. The molecular weight excluding hydrogens is 374 g/mol. The molecule has 0 aliphatic carbocycles. The van der Waals surface area contributed by atoms with Crippen LogP contribution < -0.4 is 15.4 Å². The Morgan fingerprint density at radius 2 is 1.97 bits per heavy atom. The van der Waals surface area contributed by atoms with Crippen LogP contribution in [0, 0.1) is 0 Å². The van der Waals surface area contributed by atoms with Gasteiger partial charge in [0.2, 0.25) is 5.95 Å². The number of aromatic nitrogens is 5. The molecule has 29 heavy (non-hydrogen) atoms. The summed E-state index contributed by atoms with van der Waals surface area (Å²) in [7, 11) is 0. The van der Waals surface area contributed by atoms with Gasteiger partial charge in [-0.05, 0) is 26.8 Å². The molecule has 3 N–H and O–H groups in total. The fourth-order valence-electron chi connectivity index (χ4n) is 2.70. The molecule has 0 radical (unpaired) electrons. The minimum Gasteiger partial charge on any atom is -0.426 e. The highest BCUT2D eigenvalue weighted by Gasteiger charge is 2.17. The average molecular weight is 399 g/mol. The van der Waals surface area contributed by atoms with Crippen LogP contribution in [0.1, 0.15) is 39.3 Å². The average Bonchev–Trinajstić information content (AvgIpc) is 3.09. The van der Waals surface area contributed by atoms with Gasteiger partial charge in [0.05, 0.1) is 12.1 Å². The molecular formula is C19H25N7O3. The highest BCUT2D eigenvalue weighted by molar-refractivity contribution is 5.83. The van der Waals surface area contributed by atoms with Crippen molar-refractivity contribution in [2.75, 3.05) is 17.2 Å². The van der Waals surface area contributed by atoms with Gasteiger partial charge < -0.3 is 20.5 Å². The number of fused-ring (bicyclic) bond motifs is 1. The molecule has 0 saturated carbocycles. The molecule has 10 heteroatoms. The maximum atomic E-state index is 11.3. The molecule has 0 amide bonds. The van der Waals surface area contributed by atoms with Gasteiger partial charge in [-0.2, -0.15) is 9.97 Å². The van der Waals surface area contributed by atoms with Crippen LogP contribution in [0.2, 0.25) is 0 Å².